The first kappa shape index (κ1) is 19.4. The zero-order valence-electron chi connectivity index (χ0n) is 14.4. The third-order valence-electron chi connectivity index (χ3n) is 3.58. The van der Waals surface area contributed by atoms with E-state index in [1.165, 1.54) is 31.2 Å². The average molecular weight is 365 g/mol. The van der Waals surface area contributed by atoms with Gasteiger partial charge in [-0.15, -0.1) is 0 Å². The molecule has 0 aliphatic heterocycles. The second kappa shape index (κ2) is 7.55. The maximum atomic E-state index is 12.8. The lowest BCUT2D eigenvalue weighted by Gasteiger charge is -2.17. The number of benzene rings is 1. The molecule has 1 atom stereocenters. The predicted octanol–water partition coefficient (Wildman–Crippen LogP) is 3.86. The number of halogens is 3. The number of pyridine rings is 1. The van der Waals surface area contributed by atoms with Crippen molar-refractivity contribution in [2.75, 3.05) is 5.32 Å². The first-order valence-corrected chi connectivity index (χ1v) is 7.80. The Morgan fingerprint density at radius 3 is 2.46 bits per heavy atom. The van der Waals surface area contributed by atoms with Crippen molar-refractivity contribution in [3.8, 4) is 0 Å². The summed E-state index contributed by atoms with van der Waals surface area (Å²) in [7, 11) is 0. The van der Waals surface area contributed by atoms with E-state index in [1.54, 1.807) is 13.8 Å². The Morgan fingerprint density at radius 1 is 1.15 bits per heavy atom. The number of hydrogen-bond acceptors (Lipinski definition) is 3. The van der Waals surface area contributed by atoms with Gasteiger partial charge in [0, 0.05) is 18.2 Å². The molecule has 1 aromatic heterocycles. The van der Waals surface area contributed by atoms with Gasteiger partial charge in [0.2, 0.25) is 5.91 Å². The monoisotopic (exact) mass is 365 g/mol. The van der Waals surface area contributed by atoms with E-state index in [2.05, 4.69) is 15.6 Å². The van der Waals surface area contributed by atoms with E-state index < -0.39 is 23.7 Å². The van der Waals surface area contributed by atoms with Gasteiger partial charge in [-0.05, 0) is 43.7 Å². The number of hydrogen-bond donors (Lipinski definition) is 2. The molecule has 0 unspecified atom stereocenters. The smallest absolute Gasteiger partial charge is 0.346 e. The third-order valence-corrected chi connectivity index (χ3v) is 3.58. The Morgan fingerprint density at radius 2 is 1.85 bits per heavy atom. The van der Waals surface area contributed by atoms with Crippen LogP contribution in [0.3, 0.4) is 0 Å². The molecule has 0 radical (unpaired) electrons. The second-order valence-electron chi connectivity index (χ2n) is 5.88. The van der Waals surface area contributed by atoms with Crippen molar-refractivity contribution < 1.29 is 22.8 Å². The summed E-state index contributed by atoms with van der Waals surface area (Å²) in [5.41, 5.74) is 0.332. The topological polar surface area (TPSA) is 71.1 Å². The summed E-state index contributed by atoms with van der Waals surface area (Å²) in [4.78, 5) is 27.7. The van der Waals surface area contributed by atoms with Gasteiger partial charge in [0.1, 0.15) is 5.82 Å². The number of rotatable bonds is 4. The van der Waals surface area contributed by atoms with Crippen molar-refractivity contribution in [2.24, 2.45) is 0 Å². The molecule has 2 aromatic rings. The van der Waals surface area contributed by atoms with Crippen LogP contribution in [0.4, 0.5) is 19.0 Å². The van der Waals surface area contributed by atoms with Crippen molar-refractivity contribution in [1.82, 2.24) is 10.3 Å². The van der Waals surface area contributed by atoms with Gasteiger partial charge in [-0.2, -0.15) is 13.2 Å². The molecule has 0 bridgehead atoms. The molecule has 26 heavy (non-hydrogen) atoms. The second-order valence-corrected chi connectivity index (χ2v) is 5.88. The Bertz CT molecular complexity index is 835. The van der Waals surface area contributed by atoms with E-state index in [0.717, 1.165) is 12.1 Å². The Labute approximate surface area is 148 Å². The SMILES string of the molecule is CC(=O)Nc1cc(C(=O)N[C@H](C)c2cccc(C(F)(F)F)c2)cc(C)n1. The summed E-state index contributed by atoms with van der Waals surface area (Å²) in [5.74, 6) is -0.576. The van der Waals surface area contributed by atoms with Crippen LogP contribution in [0.5, 0.6) is 0 Å². The molecule has 0 fully saturated rings. The molecule has 2 amide bonds. The molecule has 2 N–H and O–H groups in total. The van der Waals surface area contributed by atoms with Crippen LogP contribution < -0.4 is 10.6 Å². The van der Waals surface area contributed by atoms with E-state index in [1.807, 2.05) is 0 Å². The van der Waals surface area contributed by atoms with E-state index in [0.29, 0.717) is 11.3 Å². The van der Waals surface area contributed by atoms with Gasteiger partial charge in [-0.25, -0.2) is 4.98 Å². The van der Waals surface area contributed by atoms with Crippen molar-refractivity contribution in [3.05, 3.63) is 58.8 Å². The van der Waals surface area contributed by atoms with Crippen molar-refractivity contribution in [3.63, 3.8) is 0 Å². The zero-order valence-corrected chi connectivity index (χ0v) is 14.4. The molecular formula is C18H18F3N3O2. The van der Waals surface area contributed by atoms with Crippen LogP contribution in [0, 0.1) is 6.92 Å². The van der Waals surface area contributed by atoms with Gasteiger partial charge in [0.05, 0.1) is 11.6 Å². The zero-order chi connectivity index (χ0) is 19.5. The number of alkyl halides is 3. The van der Waals surface area contributed by atoms with Crippen LogP contribution in [-0.2, 0) is 11.0 Å². The molecule has 5 nitrogen and oxygen atoms in total. The molecule has 1 aromatic carbocycles. The highest BCUT2D eigenvalue weighted by Gasteiger charge is 2.30. The average Bonchev–Trinajstić information content (AvgIpc) is 2.52. The third kappa shape index (κ3) is 5.05. The Hall–Kier alpha value is -2.90. The number of anilines is 1. The summed E-state index contributed by atoms with van der Waals surface area (Å²) < 4.78 is 38.5. The Balaban J connectivity index is 2.19. The van der Waals surface area contributed by atoms with E-state index in [4.69, 9.17) is 0 Å². The van der Waals surface area contributed by atoms with Crippen LogP contribution in [0.1, 0.15) is 47.1 Å². The predicted molar refractivity (Wildman–Crippen MR) is 90.6 cm³/mol. The minimum atomic E-state index is -4.45. The van der Waals surface area contributed by atoms with E-state index >= 15 is 0 Å². The van der Waals surface area contributed by atoms with Gasteiger partial charge < -0.3 is 10.6 Å². The maximum absolute atomic E-state index is 12.8. The number of aromatic nitrogens is 1. The number of nitrogens with one attached hydrogen (secondary N) is 2. The van der Waals surface area contributed by atoms with Crippen molar-refractivity contribution in [1.29, 1.82) is 0 Å². The molecule has 0 aliphatic carbocycles. The minimum Gasteiger partial charge on any atom is -0.346 e. The fraction of sp³-hybridized carbons (Fsp3) is 0.278. The van der Waals surface area contributed by atoms with Crippen LogP contribution >= 0.6 is 0 Å². The normalized spacial score (nSPS) is 12.4. The van der Waals surface area contributed by atoms with Crippen LogP contribution in [0.15, 0.2) is 36.4 Å². The maximum Gasteiger partial charge on any atom is 0.416 e. The summed E-state index contributed by atoms with van der Waals surface area (Å²) >= 11 is 0. The molecular weight excluding hydrogens is 347 g/mol. The summed E-state index contributed by atoms with van der Waals surface area (Å²) in [6.45, 7) is 4.58. The lowest BCUT2D eigenvalue weighted by atomic mass is 10.0. The fourth-order valence-electron chi connectivity index (χ4n) is 2.39. The first-order chi connectivity index (χ1) is 12.1. The summed E-state index contributed by atoms with van der Waals surface area (Å²) in [5, 5.41) is 5.15. The first-order valence-electron chi connectivity index (χ1n) is 7.80. The molecule has 0 aliphatic rings. The number of aryl methyl sites for hydroxylation is 1. The van der Waals surface area contributed by atoms with Gasteiger partial charge >= 0.3 is 6.18 Å². The quantitative estimate of drug-likeness (QED) is 0.864. The summed E-state index contributed by atoms with van der Waals surface area (Å²) in [6.07, 6.45) is -4.45. The lowest BCUT2D eigenvalue weighted by molar-refractivity contribution is -0.137. The number of amides is 2. The van der Waals surface area contributed by atoms with Gasteiger partial charge in [-0.1, -0.05) is 12.1 Å². The highest BCUT2D eigenvalue weighted by molar-refractivity contribution is 5.96. The number of nitrogens with zero attached hydrogens (tertiary/aromatic N) is 1. The molecule has 1 heterocycles. The van der Waals surface area contributed by atoms with Crippen molar-refractivity contribution in [2.45, 2.75) is 33.0 Å². The van der Waals surface area contributed by atoms with Crippen LogP contribution in [0.2, 0.25) is 0 Å². The van der Waals surface area contributed by atoms with Gasteiger partial charge in [0.15, 0.2) is 0 Å². The number of carbonyl (C=O) groups excluding carboxylic acids is 2. The van der Waals surface area contributed by atoms with Gasteiger partial charge in [-0.3, -0.25) is 9.59 Å². The molecule has 8 heteroatoms. The minimum absolute atomic E-state index is 0.231. The van der Waals surface area contributed by atoms with E-state index in [9.17, 15) is 22.8 Å². The van der Waals surface area contributed by atoms with Crippen LogP contribution in [0.25, 0.3) is 0 Å². The highest BCUT2D eigenvalue weighted by atomic mass is 19.4. The van der Waals surface area contributed by atoms with Gasteiger partial charge in [0.25, 0.3) is 5.91 Å². The molecule has 2 rings (SSSR count). The summed E-state index contributed by atoms with van der Waals surface area (Å²) in [6, 6.07) is 7.09. The molecule has 0 spiro atoms. The molecule has 138 valence electrons. The van der Waals surface area contributed by atoms with Crippen LogP contribution in [-0.4, -0.2) is 16.8 Å². The van der Waals surface area contributed by atoms with Crippen molar-refractivity contribution >= 4 is 17.6 Å². The molecule has 0 saturated heterocycles. The lowest BCUT2D eigenvalue weighted by Crippen LogP contribution is -2.27. The largest absolute Gasteiger partial charge is 0.416 e. The fourth-order valence-corrected chi connectivity index (χ4v) is 2.39. The standard InChI is InChI=1S/C18H18F3N3O2/c1-10-7-14(9-16(22-10)24-12(3)25)17(26)23-11(2)13-5-4-6-15(8-13)18(19,20)21/h4-9,11H,1-3H3,(H,23,26)(H,22,24,25)/t11-/m1/s1. The number of carbonyl (C=O) groups is 2. The highest BCUT2D eigenvalue weighted by Crippen LogP contribution is 2.30. The van der Waals surface area contributed by atoms with E-state index in [-0.39, 0.29) is 17.3 Å². The molecule has 0 saturated carbocycles. The Kier molecular flexibility index (Phi) is 5.64.